The minimum absolute atomic E-state index is 0.0131. The summed E-state index contributed by atoms with van der Waals surface area (Å²) in [5, 5.41) is 19.7. The van der Waals surface area contributed by atoms with Crippen molar-refractivity contribution >= 4 is 22.6 Å². The van der Waals surface area contributed by atoms with Gasteiger partial charge in [-0.15, -0.1) is 0 Å². The van der Waals surface area contributed by atoms with E-state index < -0.39 is 29.5 Å². The van der Waals surface area contributed by atoms with E-state index >= 15 is 0 Å². The van der Waals surface area contributed by atoms with Crippen molar-refractivity contribution in [3.63, 3.8) is 0 Å². The molecule has 3 aromatic carbocycles. The number of hydrogen-bond acceptors (Lipinski definition) is 6. The normalized spacial score (nSPS) is 13.2. The van der Waals surface area contributed by atoms with E-state index in [1.165, 1.54) is 25.3 Å². The van der Waals surface area contributed by atoms with Crippen LogP contribution in [0.1, 0.15) is 43.1 Å². The van der Waals surface area contributed by atoms with Crippen molar-refractivity contribution in [2.24, 2.45) is 0 Å². The van der Waals surface area contributed by atoms with Crippen molar-refractivity contribution in [1.82, 2.24) is 9.78 Å². The van der Waals surface area contributed by atoms with E-state index in [0.29, 0.717) is 28.3 Å². The molecule has 1 atom stereocenters. The Bertz CT molecular complexity index is 1470. The second-order valence-corrected chi connectivity index (χ2v) is 10.2. The number of nitrogens with zero attached hydrogens (tertiary/aromatic N) is 2. The lowest BCUT2D eigenvalue weighted by molar-refractivity contribution is 0.00265. The Morgan fingerprint density at radius 2 is 1.90 bits per heavy atom. The average Bonchev–Trinajstić information content (AvgIpc) is 3.37. The standard InChI is InChI=1S/C30H33F2N3O4/c1-5-39-28(36)20-8-6-9-22(14-20)35-26-11-7-10-25(23(26)16-34-35)33-19-30(37,18-31)17-29(2,3)24-15-21(32)12-13-27(24)38-4/h6-16,33,37H,5,17-19H2,1-4H3. The number of carbonyl (C=O) groups is 1. The van der Waals surface area contributed by atoms with Gasteiger partial charge in [-0.1, -0.05) is 26.0 Å². The Morgan fingerprint density at radius 3 is 2.62 bits per heavy atom. The number of anilines is 1. The number of hydrogen-bond donors (Lipinski definition) is 2. The van der Waals surface area contributed by atoms with Crippen molar-refractivity contribution in [2.45, 2.75) is 38.2 Å². The van der Waals surface area contributed by atoms with E-state index in [4.69, 9.17) is 9.47 Å². The first-order valence-electron chi connectivity index (χ1n) is 12.7. The van der Waals surface area contributed by atoms with Crippen LogP contribution in [0.3, 0.4) is 0 Å². The number of rotatable bonds is 11. The second-order valence-electron chi connectivity index (χ2n) is 10.2. The van der Waals surface area contributed by atoms with Crippen LogP contribution in [0, 0.1) is 5.82 Å². The molecule has 2 N–H and O–H groups in total. The van der Waals surface area contributed by atoms with Gasteiger partial charge >= 0.3 is 5.97 Å². The molecule has 0 saturated carbocycles. The SMILES string of the molecule is CCOC(=O)c1cccc(-n2ncc3c(NCC(O)(CF)CC(C)(C)c4cc(F)ccc4OC)cccc32)c1. The fourth-order valence-corrected chi connectivity index (χ4v) is 4.93. The van der Waals surface area contributed by atoms with Gasteiger partial charge in [-0.3, -0.25) is 0 Å². The summed E-state index contributed by atoms with van der Waals surface area (Å²) in [7, 11) is 1.49. The topological polar surface area (TPSA) is 85.6 Å². The van der Waals surface area contributed by atoms with Gasteiger partial charge in [0.15, 0.2) is 0 Å². The van der Waals surface area contributed by atoms with Crippen molar-refractivity contribution in [1.29, 1.82) is 0 Å². The number of carbonyl (C=O) groups excluding carboxylic acids is 1. The molecule has 0 spiro atoms. The molecule has 206 valence electrons. The molecule has 0 amide bonds. The van der Waals surface area contributed by atoms with E-state index in [0.717, 1.165) is 10.9 Å². The Labute approximate surface area is 226 Å². The predicted octanol–water partition coefficient (Wildman–Crippen LogP) is 5.83. The third-order valence-electron chi connectivity index (χ3n) is 6.73. The Hall–Kier alpha value is -3.98. The number of esters is 1. The van der Waals surface area contributed by atoms with Crippen LogP contribution in [-0.2, 0) is 10.2 Å². The highest BCUT2D eigenvalue weighted by Gasteiger charge is 2.37. The zero-order valence-corrected chi connectivity index (χ0v) is 22.5. The molecular formula is C30H33F2N3O4. The van der Waals surface area contributed by atoms with Crippen molar-refractivity contribution in [2.75, 3.05) is 32.3 Å². The molecule has 0 aliphatic rings. The summed E-state index contributed by atoms with van der Waals surface area (Å²) < 4.78 is 40.5. The van der Waals surface area contributed by atoms with Gasteiger partial charge in [0.25, 0.3) is 0 Å². The molecule has 0 fully saturated rings. The molecule has 0 radical (unpaired) electrons. The summed E-state index contributed by atoms with van der Waals surface area (Å²) in [5.41, 5.74) is 0.522. The van der Waals surface area contributed by atoms with E-state index in [1.807, 2.05) is 38.1 Å². The van der Waals surface area contributed by atoms with Gasteiger partial charge in [-0.2, -0.15) is 5.10 Å². The van der Waals surface area contributed by atoms with Gasteiger partial charge in [0.1, 0.15) is 23.8 Å². The van der Waals surface area contributed by atoms with Crippen LogP contribution in [0.15, 0.2) is 66.9 Å². The number of aromatic nitrogens is 2. The third-order valence-corrected chi connectivity index (χ3v) is 6.73. The highest BCUT2D eigenvalue weighted by molar-refractivity contribution is 5.93. The van der Waals surface area contributed by atoms with Crippen LogP contribution in [0.2, 0.25) is 0 Å². The van der Waals surface area contributed by atoms with Gasteiger partial charge in [-0.25, -0.2) is 18.3 Å². The number of halogens is 2. The Morgan fingerprint density at radius 1 is 1.13 bits per heavy atom. The first-order chi connectivity index (χ1) is 18.6. The molecule has 1 heterocycles. The molecule has 0 bridgehead atoms. The molecule has 4 aromatic rings. The summed E-state index contributed by atoms with van der Waals surface area (Å²) in [6.07, 6.45) is 1.68. The monoisotopic (exact) mass is 537 g/mol. The summed E-state index contributed by atoms with van der Waals surface area (Å²) in [5.74, 6) is -0.375. The second kappa shape index (κ2) is 11.4. The summed E-state index contributed by atoms with van der Waals surface area (Å²) >= 11 is 0. The van der Waals surface area contributed by atoms with Crippen LogP contribution >= 0.6 is 0 Å². The highest BCUT2D eigenvalue weighted by atomic mass is 19.1. The largest absolute Gasteiger partial charge is 0.496 e. The van der Waals surface area contributed by atoms with E-state index in [-0.39, 0.29) is 19.6 Å². The highest BCUT2D eigenvalue weighted by Crippen LogP contribution is 2.38. The fraction of sp³-hybridized carbons (Fsp3) is 0.333. The molecule has 0 aliphatic heterocycles. The van der Waals surface area contributed by atoms with Crippen LogP contribution < -0.4 is 10.1 Å². The van der Waals surface area contributed by atoms with Gasteiger partial charge in [0, 0.05) is 23.2 Å². The van der Waals surface area contributed by atoms with E-state index in [1.54, 1.807) is 36.0 Å². The van der Waals surface area contributed by atoms with Crippen LogP contribution in [-0.4, -0.2) is 53.4 Å². The van der Waals surface area contributed by atoms with E-state index in [2.05, 4.69) is 10.4 Å². The fourth-order valence-electron chi connectivity index (χ4n) is 4.93. The van der Waals surface area contributed by atoms with E-state index in [9.17, 15) is 18.7 Å². The molecule has 4 rings (SSSR count). The summed E-state index contributed by atoms with van der Waals surface area (Å²) in [6.45, 7) is 4.58. The van der Waals surface area contributed by atoms with Gasteiger partial charge in [-0.05, 0) is 67.3 Å². The number of fused-ring (bicyclic) bond motifs is 1. The number of methoxy groups -OCH3 is 1. The van der Waals surface area contributed by atoms with Crippen LogP contribution in [0.5, 0.6) is 5.75 Å². The molecule has 0 aliphatic carbocycles. The maximum Gasteiger partial charge on any atom is 0.338 e. The molecular weight excluding hydrogens is 504 g/mol. The number of nitrogens with one attached hydrogen (secondary N) is 1. The molecule has 9 heteroatoms. The first kappa shape index (κ1) is 28.0. The molecule has 1 aromatic heterocycles. The number of aliphatic hydroxyl groups is 1. The minimum atomic E-state index is -1.74. The molecule has 0 saturated heterocycles. The molecule has 1 unspecified atom stereocenters. The van der Waals surface area contributed by atoms with Gasteiger partial charge in [0.2, 0.25) is 0 Å². The maximum absolute atomic E-state index is 14.3. The zero-order chi connectivity index (χ0) is 28.2. The minimum Gasteiger partial charge on any atom is -0.496 e. The molecule has 39 heavy (non-hydrogen) atoms. The number of ether oxygens (including phenoxy) is 2. The van der Waals surface area contributed by atoms with Crippen LogP contribution in [0.25, 0.3) is 16.6 Å². The summed E-state index contributed by atoms with van der Waals surface area (Å²) in [4.78, 5) is 12.2. The van der Waals surface area contributed by atoms with Crippen molar-refractivity contribution in [3.05, 3.63) is 83.8 Å². The lowest BCUT2D eigenvalue weighted by Crippen LogP contribution is -2.44. The lowest BCUT2D eigenvalue weighted by Gasteiger charge is -2.36. The third kappa shape index (κ3) is 6.04. The lowest BCUT2D eigenvalue weighted by atomic mass is 9.75. The Balaban J connectivity index is 1.58. The first-order valence-corrected chi connectivity index (χ1v) is 12.7. The smallest absolute Gasteiger partial charge is 0.338 e. The molecule has 7 nitrogen and oxygen atoms in total. The summed E-state index contributed by atoms with van der Waals surface area (Å²) in [6, 6.07) is 16.7. The average molecular weight is 538 g/mol. The zero-order valence-electron chi connectivity index (χ0n) is 22.5. The van der Waals surface area contributed by atoms with Gasteiger partial charge < -0.3 is 19.9 Å². The number of alkyl halides is 1. The van der Waals surface area contributed by atoms with Crippen LogP contribution in [0.4, 0.5) is 14.5 Å². The quantitative estimate of drug-likeness (QED) is 0.234. The van der Waals surface area contributed by atoms with Crippen molar-refractivity contribution in [3.8, 4) is 11.4 Å². The van der Waals surface area contributed by atoms with Crippen molar-refractivity contribution < 1.29 is 28.2 Å². The van der Waals surface area contributed by atoms with Gasteiger partial charge in [0.05, 0.1) is 36.7 Å². The Kier molecular flexibility index (Phi) is 8.20. The predicted molar refractivity (Wildman–Crippen MR) is 147 cm³/mol. The number of benzene rings is 3. The maximum atomic E-state index is 14.3.